The van der Waals surface area contributed by atoms with Crippen molar-refractivity contribution in [1.29, 1.82) is 0 Å². The lowest BCUT2D eigenvalue weighted by molar-refractivity contribution is -0.128. The minimum Gasteiger partial charge on any atom is -0.461 e. The Balaban J connectivity index is 2.77. The molecule has 1 aromatic heterocycles. The fourth-order valence-electron chi connectivity index (χ4n) is 1.39. The second-order valence-corrected chi connectivity index (χ2v) is 5.53. The Morgan fingerprint density at radius 1 is 1.35 bits per heavy atom. The minimum atomic E-state index is -0.604. The zero-order valence-corrected chi connectivity index (χ0v) is 13.1. The van der Waals surface area contributed by atoms with Crippen LogP contribution in [0.2, 0.25) is 5.28 Å². The molecule has 0 aliphatic carbocycles. The van der Waals surface area contributed by atoms with Crippen LogP contribution >= 0.6 is 11.6 Å². The zero-order valence-electron chi connectivity index (χ0n) is 12.3. The SMILES string of the molecule is CNC(=O)C(C)(C)CNc1nc(Cl)nc(OC(C)C)n1. The van der Waals surface area contributed by atoms with Gasteiger partial charge in [0.15, 0.2) is 0 Å². The van der Waals surface area contributed by atoms with Gasteiger partial charge in [0.25, 0.3) is 0 Å². The maximum atomic E-state index is 11.7. The van der Waals surface area contributed by atoms with Crippen LogP contribution in [0.3, 0.4) is 0 Å². The fourth-order valence-corrected chi connectivity index (χ4v) is 1.55. The van der Waals surface area contributed by atoms with Crippen LogP contribution in [-0.2, 0) is 4.79 Å². The number of amides is 1. The number of carbonyl (C=O) groups excluding carboxylic acids is 1. The van der Waals surface area contributed by atoms with Crippen molar-refractivity contribution in [2.75, 3.05) is 18.9 Å². The van der Waals surface area contributed by atoms with Crippen LogP contribution in [0.15, 0.2) is 0 Å². The number of ether oxygens (including phenoxy) is 1. The molecule has 8 heteroatoms. The van der Waals surface area contributed by atoms with Crippen molar-refractivity contribution in [3.63, 3.8) is 0 Å². The number of halogens is 1. The summed E-state index contributed by atoms with van der Waals surface area (Å²) >= 11 is 5.81. The molecular formula is C12H20ClN5O2. The van der Waals surface area contributed by atoms with Crippen molar-refractivity contribution in [1.82, 2.24) is 20.3 Å². The lowest BCUT2D eigenvalue weighted by atomic mass is 9.92. The van der Waals surface area contributed by atoms with Gasteiger partial charge in [-0.1, -0.05) is 0 Å². The molecule has 1 rings (SSSR count). The van der Waals surface area contributed by atoms with Gasteiger partial charge in [0.1, 0.15) is 0 Å². The molecule has 20 heavy (non-hydrogen) atoms. The van der Waals surface area contributed by atoms with Gasteiger partial charge < -0.3 is 15.4 Å². The molecule has 1 amide bonds. The second-order valence-electron chi connectivity index (χ2n) is 5.19. The number of hydrogen-bond acceptors (Lipinski definition) is 6. The maximum Gasteiger partial charge on any atom is 0.322 e. The Labute approximate surface area is 123 Å². The van der Waals surface area contributed by atoms with E-state index in [-0.39, 0.29) is 29.3 Å². The number of rotatable bonds is 6. The van der Waals surface area contributed by atoms with Gasteiger partial charge in [0.05, 0.1) is 11.5 Å². The van der Waals surface area contributed by atoms with E-state index in [9.17, 15) is 4.79 Å². The summed E-state index contributed by atoms with van der Waals surface area (Å²) in [7, 11) is 1.60. The first-order valence-corrected chi connectivity index (χ1v) is 6.66. The molecule has 0 bridgehead atoms. The predicted molar refractivity (Wildman–Crippen MR) is 76.9 cm³/mol. The smallest absolute Gasteiger partial charge is 0.322 e. The van der Waals surface area contributed by atoms with E-state index in [0.717, 1.165) is 0 Å². The topological polar surface area (TPSA) is 89.0 Å². The highest BCUT2D eigenvalue weighted by molar-refractivity contribution is 6.28. The van der Waals surface area contributed by atoms with E-state index in [1.807, 2.05) is 27.7 Å². The normalized spacial score (nSPS) is 11.3. The molecule has 0 saturated heterocycles. The van der Waals surface area contributed by atoms with Gasteiger partial charge in [0.2, 0.25) is 17.1 Å². The number of nitrogens with one attached hydrogen (secondary N) is 2. The fraction of sp³-hybridized carbons (Fsp3) is 0.667. The maximum absolute atomic E-state index is 11.7. The summed E-state index contributed by atoms with van der Waals surface area (Å²) in [5, 5.41) is 5.61. The number of aromatic nitrogens is 3. The molecule has 1 aromatic rings. The highest BCUT2D eigenvalue weighted by Crippen LogP contribution is 2.17. The molecule has 0 aliphatic heterocycles. The average Bonchev–Trinajstić information content (AvgIpc) is 2.34. The molecule has 0 atom stereocenters. The van der Waals surface area contributed by atoms with Crippen molar-refractivity contribution in [3.8, 4) is 6.01 Å². The van der Waals surface area contributed by atoms with E-state index in [0.29, 0.717) is 6.54 Å². The number of nitrogens with zero attached hydrogens (tertiary/aromatic N) is 3. The highest BCUT2D eigenvalue weighted by Gasteiger charge is 2.26. The quantitative estimate of drug-likeness (QED) is 0.827. The first-order valence-electron chi connectivity index (χ1n) is 6.29. The average molecular weight is 302 g/mol. The lowest BCUT2D eigenvalue weighted by Gasteiger charge is -2.22. The van der Waals surface area contributed by atoms with Gasteiger partial charge in [-0.2, -0.15) is 15.0 Å². The molecule has 0 radical (unpaired) electrons. The molecule has 0 spiro atoms. The third-order valence-corrected chi connectivity index (χ3v) is 2.63. The molecule has 1 heterocycles. The molecule has 112 valence electrons. The first-order chi connectivity index (χ1) is 9.24. The van der Waals surface area contributed by atoms with Crippen LogP contribution < -0.4 is 15.4 Å². The van der Waals surface area contributed by atoms with E-state index in [1.165, 1.54) is 0 Å². The third kappa shape index (κ3) is 4.80. The van der Waals surface area contributed by atoms with Crippen LogP contribution in [0.4, 0.5) is 5.95 Å². The van der Waals surface area contributed by atoms with Gasteiger partial charge in [0, 0.05) is 13.6 Å². The number of anilines is 1. The third-order valence-electron chi connectivity index (χ3n) is 2.46. The van der Waals surface area contributed by atoms with Crippen LogP contribution in [0.25, 0.3) is 0 Å². The molecule has 0 aliphatic rings. The van der Waals surface area contributed by atoms with Gasteiger partial charge in [-0.15, -0.1) is 0 Å². The van der Waals surface area contributed by atoms with E-state index in [4.69, 9.17) is 16.3 Å². The van der Waals surface area contributed by atoms with Crippen molar-refractivity contribution < 1.29 is 9.53 Å². The molecule has 0 aromatic carbocycles. The van der Waals surface area contributed by atoms with Crippen LogP contribution in [-0.4, -0.2) is 40.6 Å². The minimum absolute atomic E-state index is 0.0379. The van der Waals surface area contributed by atoms with Crippen LogP contribution in [0, 0.1) is 5.41 Å². The molecule has 2 N–H and O–H groups in total. The summed E-state index contributed by atoms with van der Waals surface area (Å²) in [6.07, 6.45) is -0.0661. The predicted octanol–water partition coefficient (Wildman–Crippen LogP) is 1.50. The summed E-state index contributed by atoms with van der Waals surface area (Å²) in [5.74, 6) is 0.196. The van der Waals surface area contributed by atoms with E-state index in [1.54, 1.807) is 7.05 Å². The first kappa shape index (κ1) is 16.4. The van der Waals surface area contributed by atoms with Crippen LogP contribution in [0.5, 0.6) is 6.01 Å². The van der Waals surface area contributed by atoms with Crippen molar-refractivity contribution in [2.45, 2.75) is 33.8 Å². The Hall–Kier alpha value is -1.63. The molecule has 0 unspecified atom stereocenters. The van der Waals surface area contributed by atoms with Gasteiger partial charge >= 0.3 is 6.01 Å². The number of carbonyl (C=O) groups is 1. The molecule has 0 saturated carbocycles. The van der Waals surface area contributed by atoms with Gasteiger partial charge in [-0.05, 0) is 39.3 Å². The van der Waals surface area contributed by atoms with Crippen LogP contribution in [0.1, 0.15) is 27.7 Å². The number of hydrogen-bond donors (Lipinski definition) is 2. The Bertz CT molecular complexity index is 479. The van der Waals surface area contributed by atoms with Crippen molar-refractivity contribution in [3.05, 3.63) is 5.28 Å². The van der Waals surface area contributed by atoms with Crippen molar-refractivity contribution >= 4 is 23.5 Å². The highest BCUT2D eigenvalue weighted by atomic mass is 35.5. The van der Waals surface area contributed by atoms with E-state index in [2.05, 4.69) is 25.6 Å². The summed E-state index contributed by atoms with van der Waals surface area (Å²) in [4.78, 5) is 23.6. The largest absolute Gasteiger partial charge is 0.461 e. The molecule has 7 nitrogen and oxygen atoms in total. The van der Waals surface area contributed by atoms with Gasteiger partial charge in [-0.3, -0.25) is 4.79 Å². The monoisotopic (exact) mass is 301 g/mol. The van der Waals surface area contributed by atoms with Crippen molar-refractivity contribution in [2.24, 2.45) is 5.41 Å². The Morgan fingerprint density at radius 2 is 2.00 bits per heavy atom. The summed E-state index contributed by atoms with van der Waals surface area (Å²) in [6.45, 7) is 7.70. The molecular weight excluding hydrogens is 282 g/mol. The standard InChI is InChI=1S/C12H20ClN5O2/c1-7(2)20-11-17-9(13)16-10(18-11)15-6-12(3,4)8(19)14-5/h7H,6H2,1-5H3,(H,14,19)(H,15,16,17,18). The summed E-state index contributed by atoms with van der Waals surface area (Å²) in [6, 6.07) is 0.153. The second kappa shape index (κ2) is 6.69. The Morgan fingerprint density at radius 3 is 2.55 bits per heavy atom. The summed E-state index contributed by atoms with van der Waals surface area (Å²) in [5.41, 5.74) is -0.604. The zero-order chi connectivity index (χ0) is 15.3. The van der Waals surface area contributed by atoms with E-state index < -0.39 is 5.41 Å². The van der Waals surface area contributed by atoms with E-state index >= 15 is 0 Å². The summed E-state index contributed by atoms with van der Waals surface area (Å²) < 4.78 is 5.37. The van der Waals surface area contributed by atoms with Gasteiger partial charge in [-0.25, -0.2) is 0 Å². The lowest BCUT2D eigenvalue weighted by Crippen LogP contribution is -2.39. The molecule has 0 fully saturated rings. The Kier molecular flexibility index (Phi) is 5.50.